The number of nitrogens with zero attached hydrogens (tertiary/aromatic N) is 5. The Kier molecular flexibility index (Phi) is 6.40. The molecule has 0 atom stereocenters. The van der Waals surface area contributed by atoms with E-state index >= 15 is 0 Å². The molecule has 0 saturated heterocycles. The minimum Gasteiger partial charge on any atom is -0.270 e. The highest BCUT2D eigenvalue weighted by Crippen LogP contribution is 2.29. The van der Waals surface area contributed by atoms with E-state index < -0.39 is 16.9 Å². The van der Waals surface area contributed by atoms with Gasteiger partial charge in [0.15, 0.2) is 0 Å². The molecule has 2 aromatic heterocycles. The molecule has 0 unspecified atom stereocenters. The number of nitrogens with one attached hydrogen (secondary N) is 1. The first kappa shape index (κ1) is 23.1. The second-order valence-corrected chi connectivity index (χ2v) is 7.96. The molecule has 9 nitrogen and oxygen atoms in total. The Bertz CT molecular complexity index is 1600. The predicted octanol–water partition coefficient (Wildman–Crippen LogP) is 2.43. The number of nitriles is 1. The third kappa shape index (κ3) is 4.80. The van der Waals surface area contributed by atoms with Crippen LogP contribution in [0.25, 0.3) is 5.69 Å². The van der Waals surface area contributed by atoms with Crippen molar-refractivity contribution in [1.29, 1.82) is 5.26 Å². The Balaban J connectivity index is 1.66. The van der Waals surface area contributed by atoms with Gasteiger partial charge in [-0.25, -0.2) is 13.9 Å². The molecule has 4 rings (SSSR count). The van der Waals surface area contributed by atoms with Crippen LogP contribution in [0.4, 0.5) is 4.39 Å². The fraction of sp³-hybridized carbons (Fsp3) is 0.0909. The van der Waals surface area contributed by atoms with E-state index in [1.807, 2.05) is 4.98 Å². The van der Waals surface area contributed by atoms with Crippen molar-refractivity contribution in [2.75, 3.05) is 0 Å². The van der Waals surface area contributed by atoms with Gasteiger partial charge < -0.3 is 0 Å². The maximum Gasteiger partial charge on any atom is 0.349 e. The summed E-state index contributed by atoms with van der Waals surface area (Å²) in [6.45, 7) is 0.148. The van der Waals surface area contributed by atoms with Crippen molar-refractivity contribution in [3.05, 3.63) is 118 Å². The minimum atomic E-state index is -0.903. The van der Waals surface area contributed by atoms with Gasteiger partial charge in [0.25, 0.3) is 11.1 Å². The summed E-state index contributed by atoms with van der Waals surface area (Å²) in [7, 11) is 0. The van der Waals surface area contributed by atoms with Crippen molar-refractivity contribution in [3.63, 3.8) is 0 Å². The molecule has 0 aliphatic heterocycles. The van der Waals surface area contributed by atoms with E-state index in [2.05, 4.69) is 10.2 Å². The molecule has 0 spiro atoms. The van der Waals surface area contributed by atoms with E-state index in [9.17, 15) is 18.8 Å². The summed E-state index contributed by atoms with van der Waals surface area (Å²) in [5.74, 6) is -0.381. The molecule has 0 aliphatic carbocycles. The topological polar surface area (TPSA) is 126 Å². The summed E-state index contributed by atoms with van der Waals surface area (Å²) in [5, 5.41) is 17.4. The van der Waals surface area contributed by atoms with Gasteiger partial charge >= 0.3 is 5.69 Å². The van der Waals surface area contributed by atoms with E-state index in [0.717, 1.165) is 4.68 Å². The number of halogens is 3. The monoisotopic (exact) mass is 498 g/mol. The van der Waals surface area contributed by atoms with Crippen LogP contribution < -0.4 is 16.8 Å². The third-order valence-electron chi connectivity index (χ3n) is 4.83. The number of aromatic nitrogens is 5. The third-order valence-corrected chi connectivity index (χ3v) is 5.50. The molecular formula is C22H13Cl2FN6O3. The molecule has 170 valence electrons. The van der Waals surface area contributed by atoms with Crippen molar-refractivity contribution in [3.8, 4) is 11.8 Å². The average Bonchev–Trinajstić information content (AvgIpc) is 2.80. The summed E-state index contributed by atoms with van der Waals surface area (Å²) in [4.78, 5) is 37.9. The van der Waals surface area contributed by atoms with E-state index in [4.69, 9.17) is 28.5 Å². The van der Waals surface area contributed by atoms with Crippen molar-refractivity contribution in [2.45, 2.75) is 13.0 Å². The van der Waals surface area contributed by atoms with Gasteiger partial charge in [0.05, 0.1) is 17.9 Å². The fourth-order valence-electron chi connectivity index (χ4n) is 3.17. The zero-order chi connectivity index (χ0) is 24.4. The Labute approximate surface area is 200 Å². The van der Waals surface area contributed by atoms with Crippen LogP contribution in [-0.2, 0) is 13.0 Å². The van der Waals surface area contributed by atoms with E-state index in [0.29, 0.717) is 16.8 Å². The molecule has 2 aromatic carbocycles. The fourth-order valence-corrected chi connectivity index (χ4v) is 3.78. The molecule has 0 bridgehead atoms. The molecule has 0 radical (unpaired) electrons. The van der Waals surface area contributed by atoms with Gasteiger partial charge in [0, 0.05) is 22.5 Å². The van der Waals surface area contributed by atoms with Gasteiger partial charge in [-0.3, -0.25) is 14.6 Å². The lowest BCUT2D eigenvalue weighted by Gasteiger charge is -2.12. The highest BCUT2D eigenvalue weighted by atomic mass is 35.5. The van der Waals surface area contributed by atoms with Gasteiger partial charge in [-0.1, -0.05) is 35.3 Å². The zero-order valence-corrected chi connectivity index (χ0v) is 18.6. The van der Waals surface area contributed by atoms with Crippen molar-refractivity contribution in [2.24, 2.45) is 0 Å². The van der Waals surface area contributed by atoms with E-state index in [-0.39, 0.29) is 40.1 Å². The number of benzene rings is 2. The first-order valence-electron chi connectivity index (χ1n) is 9.68. The van der Waals surface area contributed by atoms with Crippen LogP contribution in [0.1, 0.15) is 22.5 Å². The van der Waals surface area contributed by atoms with Crippen LogP contribution in [0.3, 0.4) is 0 Å². The van der Waals surface area contributed by atoms with Gasteiger partial charge in [0.1, 0.15) is 11.9 Å². The lowest BCUT2D eigenvalue weighted by atomic mass is 10.1. The SMILES string of the molecule is N#Cc1nn(-c2cc(Cl)c(Cc3ccc(=O)n(Cc4ccc(F)cc4)n3)c(Cl)c2)c(=O)[nH]c1=O. The van der Waals surface area contributed by atoms with Crippen LogP contribution in [0, 0.1) is 17.1 Å². The van der Waals surface area contributed by atoms with E-state index in [1.54, 1.807) is 18.2 Å². The van der Waals surface area contributed by atoms with Crippen LogP contribution >= 0.6 is 23.2 Å². The summed E-state index contributed by atoms with van der Waals surface area (Å²) in [5.41, 5.74) is -0.789. The summed E-state index contributed by atoms with van der Waals surface area (Å²) in [6.07, 6.45) is 0.166. The number of aromatic amines is 1. The second kappa shape index (κ2) is 9.43. The Hall–Kier alpha value is -4.07. The molecule has 1 N–H and O–H groups in total. The molecule has 0 amide bonds. The highest BCUT2D eigenvalue weighted by Gasteiger charge is 2.15. The first-order valence-corrected chi connectivity index (χ1v) is 10.4. The van der Waals surface area contributed by atoms with Gasteiger partial charge in [-0.2, -0.15) is 15.0 Å². The lowest BCUT2D eigenvalue weighted by Crippen LogP contribution is -2.33. The van der Waals surface area contributed by atoms with Crippen molar-refractivity contribution in [1.82, 2.24) is 24.5 Å². The zero-order valence-electron chi connectivity index (χ0n) is 17.1. The van der Waals surface area contributed by atoms with Crippen LogP contribution in [0.15, 0.2) is 62.9 Å². The van der Waals surface area contributed by atoms with Gasteiger partial charge in [-0.15, -0.1) is 5.10 Å². The highest BCUT2D eigenvalue weighted by molar-refractivity contribution is 6.36. The Morgan fingerprint density at radius 3 is 2.32 bits per heavy atom. The average molecular weight is 499 g/mol. The molecule has 0 saturated carbocycles. The number of H-pyrrole nitrogens is 1. The second-order valence-electron chi connectivity index (χ2n) is 7.14. The molecule has 4 aromatic rings. The first-order chi connectivity index (χ1) is 16.2. The number of hydrogen-bond acceptors (Lipinski definition) is 6. The minimum absolute atomic E-state index is 0.144. The molecular weight excluding hydrogens is 486 g/mol. The normalized spacial score (nSPS) is 10.8. The largest absolute Gasteiger partial charge is 0.349 e. The van der Waals surface area contributed by atoms with Crippen molar-refractivity contribution >= 4 is 23.2 Å². The predicted molar refractivity (Wildman–Crippen MR) is 122 cm³/mol. The summed E-state index contributed by atoms with van der Waals surface area (Å²) in [6, 6.07) is 13.0. The van der Waals surface area contributed by atoms with Crippen molar-refractivity contribution < 1.29 is 4.39 Å². The van der Waals surface area contributed by atoms with Crippen LogP contribution in [0.2, 0.25) is 10.0 Å². The maximum absolute atomic E-state index is 13.1. The quantitative estimate of drug-likeness (QED) is 0.450. The van der Waals surface area contributed by atoms with Gasteiger partial charge in [0.2, 0.25) is 5.69 Å². The van der Waals surface area contributed by atoms with E-state index in [1.165, 1.54) is 41.1 Å². The molecule has 0 aliphatic rings. The molecule has 12 heteroatoms. The summed E-state index contributed by atoms with van der Waals surface area (Å²) >= 11 is 12.8. The lowest BCUT2D eigenvalue weighted by molar-refractivity contribution is 0.612. The maximum atomic E-state index is 13.1. The Morgan fingerprint density at radius 2 is 1.68 bits per heavy atom. The van der Waals surface area contributed by atoms with Crippen LogP contribution in [-0.4, -0.2) is 24.5 Å². The number of hydrogen-bond donors (Lipinski definition) is 1. The van der Waals surface area contributed by atoms with Gasteiger partial charge in [-0.05, 0) is 41.5 Å². The molecule has 0 fully saturated rings. The Morgan fingerprint density at radius 1 is 1.00 bits per heavy atom. The smallest absolute Gasteiger partial charge is 0.270 e. The molecule has 34 heavy (non-hydrogen) atoms. The summed E-state index contributed by atoms with van der Waals surface area (Å²) < 4.78 is 15.2. The standard InChI is InChI=1S/C22H13Cl2FN6O3/c23-17-8-15(31-22(34)27-21(33)19(10-26)29-31)9-18(24)16(17)7-14-5-6-20(32)30(28-14)11-12-1-3-13(25)4-2-12/h1-6,8-9H,7,11H2,(H,27,33,34). The number of rotatable bonds is 5. The van der Waals surface area contributed by atoms with Crippen LogP contribution in [0.5, 0.6) is 0 Å². The molecule has 2 heterocycles.